The van der Waals surface area contributed by atoms with Crippen LogP contribution in [0.25, 0.3) is 0 Å². The van der Waals surface area contributed by atoms with Crippen LogP contribution in [-0.2, 0) is 6.54 Å². The lowest BCUT2D eigenvalue weighted by atomic mass is 10.1. The second-order valence-corrected chi connectivity index (χ2v) is 5.95. The number of para-hydroxylation sites is 1. The van der Waals surface area contributed by atoms with E-state index in [1.54, 1.807) is 12.1 Å². The molecule has 0 fully saturated rings. The minimum absolute atomic E-state index is 0.275. The SMILES string of the molecule is CCOc1c(Cl)cc(C(=O)NCc2cccc3c2OCCO3)cc1OC. The predicted octanol–water partition coefficient (Wildman–Crippen LogP) is 3.45. The Bertz CT molecular complexity index is 809. The number of hydrogen-bond donors (Lipinski definition) is 1. The van der Waals surface area contributed by atoms with Gasteiger partial charge in [-0.05, 0) is 25.1 Å². The smallest absolute Gasteiger partial charge is 0.251 e. The van der Waals surface area contributed by atoms with Crippen molar-refractivity contribution < 1.29 is 23.7 Å². The van der Waals surface area contributed by atoms with Gasteiger partial charge in [0.2, 0.25) is 0 Å². The van der Waals surface area contributed by atoms with Gasteiger partial charge in [0, 0.05) is 17.7 Å². The van der Waals surface area contributed by atoms with Gasteiger partial charge in [0.25, 0.3) is 5.91 Å². The first-order chi connectivity index (χ1) is 12.6. The number of benzene rings is 2. The maximum absolute atomic E-state index is 12.5. The van der Waals surface area contributed by atoms with Crippen LogP contribution in [0.15, 0.2) is 30.3 Å². The predicted molar refractivity (Wildman–Crippen MR) is 97.8 cm³/mol. The molecule has 0 bridgehead atoms. The molecule has 0 aromatic heterocycles. The molecule has 0 atom stereocenters. The highest BCUT2D eigenvalue weighted by molar-refractivity contribution is 6.32. The van der Waals surface area contributed by atoms with Crippen LogP contribution in [0.2, 0.25) is 5.02 Å². The summed E-state index contributed by atoms with van der Waals surface area (Å²) in [4.78, 5) is 12.5. The van der Waals surface area contributed by atoms with E-state index >= 15 is 0 Å². The number of halogens is 1. The maximum atomic E-state index is 12.5. The molecular weight excluding hydrogens is 358 g/mol. The zero-order chi connectivity index (χ0) is 18.5. The van der Waals surface area contributed by atoms with Crippen molar-refractivity contribution in [2.45, 2.75) is 13.5 Å². The van der Waals surface area contributed by atoms with Crippen molar-refractivity contribution >= 4 is 17.5 Å². The molecule has 0 saturated carbocycles. The summed E-state index contributed by atoms with van der Waals surface area (Å²) in [6.07, 6.45) is 0. The summed E-state index contributed by atoms with van der Waals surface area (Å²) in [5.41, 5.74) is 1.23. The van der Waals surface area contributed by atoms with Crippen molar-refractivity contribution in [3.05, 3.63) is 46.5 Å². The number of methoxy groups -OCH3 is 1. The fourth-order valence-corrected chi connectivity index (χ4v) is 2.95. The van der Waals surface area contributed by atoms with E-state index in [0.29, 0.717) is 59.9 Å². The van der Waals surface area contributed by atoms with Gasteiger partial charge >= 0.3 is 0 Å². The van der Waals surface area contributed by atoms with Crippen molar-refractivity contribution in [1.29, 1.82) is 0 Å². The molecular formula is C19H20ClNO5. The molecule has 2 aromatic carbocycles. The van der Waals surface area contributed by atoms with E-state index in [0.717, 1.165) is 5.56 Å². The highest BCUT2D eigenvalue weighted by Crippen LogP contribution is 2.37. The Morgan fingerprint density at radius 2 is 2.08 bits per heavy atom. The molecule has 6 nitrogen and oxygen atoms in total. The highest BCUT2D eigenvalue weighted by Gasteiger charge is 2.18. The normalized spacial score (nSPS) is 12.4. The second kappa shape index (κ2) is 8.19. The van der Waals surface area contributed by atoms with Crippen molar-refractivity contribution in [3.8, 4) is 23.0 Å². The minimum Gasteiger partial charge on any atom is -0.493 e. The van der Waals surface area contributed by atoms with E-state index in [9.17, 15) is 4.79 Å². The first kappa shape index (κ1) is 18.2. The third-order valence-electron chi connectivity index (χ3n) is 3.87. The lowest BCUT2D eigenvalue weighted by molar-refractivity contribution is 0.0949. The van der Waals surface area contributed by atoms with E-state index in [-0.39, 0.29) is 5.91 Å². The summed E-state index contributed by atoms with van der Waals surface area (Å²) in [6.45, 7) is 3.61. The van der Waals surface area contributed by atoms with Crippen LogP contribution >= 0.6 is 11.6 Å². The molecule has 1 aliphatic heterocycles. The zero-order valence-corrected chi connectivity index (χ0v) is 15.4. The first-order valence-corrected chi connectivity index (χ1v) is 8.67. The largest absolute Gasteiger partial charge is 0.493 e. The van der Waals surface area contributed by atoms with Crippen LogP contribution in [0, 0.1) is 0 Å². The topological polar surface area (TPSA) is 66.0 Å². The van der Waals surface area contributed by atoms with E-state index in [1.807, 2.05) is 25.1 Å². The van der Waals surface area contributed by atoms with Gasteiger partial charge in [0.1, 0.15) is 13.2 Å². The Morgan fingerprint density at radius 3 is 2.85 bits per heavy atom. The Hall–Kier alpha value is -2.60. The van der Waals surface area contributed by atoms with Crippen LogP contribution in [-0.4, -0.2) is 32.8 Å². The standard InChI is InChI=1S/C19H20ClNO5/c1-3-24-18-14(20)9-13(10-16(18)23-2)19(22)21-11-12-5-4-6-15-17(12)26-8-7-25-15/h4-6,9-10H,3,7-8,11H2,1-2H3,(H,21,22). The molecule has 3 rings (SSSR count). The van der Waals surface area contributed by atoms with Crippen LogP contribution in [0.1, 0.15) is 22.8 Å². The van der Waals surface area contributed by atoms with Gasteiger partial charge in [0.15, 0.2) is 23.0 Å². The van der Waals surface area contributed by atoms with Crippen LogP contribution in [0.4, 0.5) is 0 Å². The minimum atomic E-state index is -0.275. The molecule has 1 amide bonds. The van der Waals surface area contributed by atoms with Gasteiger partial charge in [-0.1, -0.05) is 23.7 Å². The summed E-state index contributed by atoms with van der Waals surface area (Å²) in [7, 11) is 1.50. The molecule has 0 radical (unpaired) electrons. The van der Waals surface area contributed by atoms with Gasteiger partial charge in [-0.2, -0.15) is 0 Å². The van der Waals surface area contributed by atoms with Crippen molar-refractivity contribution in [2.75, 3.05) is 26.9 Å². The Balaban J connectivity index is 1.76. The zero-order valence-electron chi connectivity index (χ0n) is 14.6. The van der Waals surface area contributed by atoms with Gasteiger partial charge in [0.05, 0.1) is 18.7 Å². The van der Waals surface area contributed by atoms with Gasteiger partial charge in [-0.25, -0.2) is 0 Å². The summed E-state index contributed by atoms with van der Waals surface area (Å²) >= 11 is 6.23. The average molecular weight is 378 g/mol. The van der Waals surface area contributed by atoms with Crippen LogP contribution in [0.3, 0.4) is 0 Å². The Morgan fingerprint density at radius 1 is 1.27 bits per heavy atom. The fraction of sp³-hybridized carbons (Fsp3) is 0.316. The molecule has 0 saturated heterocycles. The molecule has 138 valence electrons. The van der Waals surface area contributed by atoms with E-state index < -0.39 is 0 Å². The molecule has 1 aliphatic rings. The number of nitrogens with one attached hydrogen (secondary N) is 1. The molecule has 1 N–H and O–H groups in total. The molecule has 0 spiro atoms. The number of carbonyl (C=O) groups excluding carboxylic acids is 1. The highest BCUT2D eigenvalue weighted by atomic mass is 35.5. The third-order valence-corrected chi connectivity index (χ3v) is 4.15. The monoisotopic (exact) mass is 377 g/mol. The molecule has 1 heterocycles. The summed E-state index contributed by atoms with van der Waals surface area (Å²) in [5.74, 6) is 1.92. The maximum Gasteiger partial charge on any atom is 0.251 e. The molecule has 2 aromatic rings. The Labute approximate surface area is 157 Å². The van der Waals surface area contributed by atoms with Crippen LogP contribution < -0.4 is 24.3 Å². The average Bonchev–Trinajstić information content (AvgIpc) is 2.67. The van der Waals surface area contributed by atoms with Crippen molar-refractivity contribution in [2.24, 2.45) is 0 Å². The molecule has 0 unspecified atom stereocenters. The first-order valence-electron chi connectivity index (χ1n) is 8.30. The fourth-order valence-electron chi connectivity index (χ4n) is 2.69. The molecule has 7 heteroatoms. The number of amides is 1. The second-order valence-electron chi connectivity index (χ2n) is 5.55. The lowest BCUT2D eigenvalue weighted by Crippen LogP contribution is -2.24. The quantitative estimate of drug-likeness (QED) is 0.835. The lowest BCUT2D eigenvalue weighted by Gasteiger charge is -2.21. The van der Waals surface area contributed by atoms with Gasteiger partial charge in [-0.15, -0.1) is 0 Å². The number of carbonyl (C=O) groups is 1. The van der Waals surface area contributed by atoms with Crippen LogP contribution in [0.5, 0.6) is 23.0 Å². The van der Waals surface area contributed by atoms with E-state index in [2.05, 4.69) is 5.32 Å². The number of hydrogen-bond acceptors (Lipinski definition) is 5. The Kier molecular flexibility index (Phi) is 5.73. The third kappa shape index (κ3) is 3.80. The number of ether oxygens (including phenoxy) is 4. The summed E-state index contributed by atoms with van der Waals surface area (Å²) in [5, 5.41) is 3.19. The number of rotatable bonds is 6. The molecule has 0 aliphatic carbocycles. The van der Waals surface area contributed by atoms with Crippen molar-refractivity contribution in [1.82, 2.24) is 5.32 Å². The summed E-state index contributed by atoms with van der Waals surface area (Å²) in [6, 6.07) is 8.76. The van der Waals surface area contributed by atoms with E-state index in [4.69, 9.17) is 30.5 Å². The van der Waals surface area contributed by atoms with E-state index in [1.165, 1.54) is 7.11 Å². The molecule has 26 heavy (non-hydrogen) atoms. The number of fused-ring (bicyclic) bond motifs is 1. The summed E-state index contributed by atoms with van der Waals surface area (Å²) < 4.78 is 22.0. The van der Waals surface area contributed by atoms with Crippen molar-refractivity contribution in [3.63, 3.8) is 0 Å². The van der Waals surface area contributed by atoms with Gasteiger partial charge < -0.3 is 24.3 Å². The van der Waals surface area contributed by atoms with Gasteiger partial charge in [-0.3, -0.25) is 4.79 Å².